The van der Waals surface area contributed by atoms with Gasteiger partial charge in [0.2, 0.25) is 5.75 Å². The number of benzene rings is 3. The number of methoxy groups -OCH3 is 3. The van der Waals surface area contributed by atoms with Gasteiger partial charge >= 0.3 is 11.9 Å². The van der Waals surface area contributed by atoms with Crippen molar-refractivity contribution in [2.75, 3.05) is 47.5 Å². The lowest BCUT2D eigenvalue weighted by molar-refractivity contribution is -0.134. The number of nitrogens with zero attached hydrogens (tertiary/aromatic N) is 2. The first-order chi connectivity index (χ1) is 20.2. The molecule has 0 aromatic heterocycles. The molecule has 1 aliphatic rings. The maximum atomic E-state index is 13.6. The highest BCUT2D eigenvalue weighted by molar-refractivity contribution is 5.89. The summed E-state index contributed by atoms with van der Waals surface area (Å²) in [5, 5.41) is 15.6. The maximum absolute atomic E-state index is 13.6. The van der Waals surface area contributed by atoms with E-state index in [4.69, 9.17) is 24.4 Å². The van der Waals surface area contributed by atoms with Gasteiger partial charge in [0.15, 0.2) is 11.5 Å². The fraction of sp³-hybridized carbons (Fsp3) is 0.290. The Labute approximate surface area is 243 Å². The first-order valence-electron chi connectivity index (χ1n) is 13.1. The van der Waals surface area contributed by atoms with Crippen molar-refractivity contribution in [2.24, 2.45) is 0 Å². The number of carboxylic acid groups (broad SMARTS) is 2. The molecule has 1 heterocycles. The van der Waals surface area contributed by atoms with Crippen LogP contribution in [0.25, 0.3) is 0 Å². The number of halogens is 2. The van der Waals surface area contributed by atoms with Crippen LogP contribution in [0, 0.1) is 11.6 Å². The summed E-state index contributed by atoms with van der Waals surface area (Å²) in [5.74, 6) is -1.15. The van der Waals surface area contributed by atoms with Crippen molar-refractivity contribution in [3.63, 3.8) is 0 Å². The molecule has 2 N–H and O–H groups in total. The summed E-state index contributed by atoms with van der Waals surface area (Å²) < 4.78 is 43.7. The topological polar surface area (TPSA) is 109 Å². The predicted octanol–water partition coefficient (Wildman–Crippen LogP) is 4.61. The molecule has 0 aliphatic carbocycles. The molecule has 3 aromatic carbocycles. The Hall–Kier alpha value is -4.48. The summed E-state index contributed by atoms with van der Waals surface area (Å²) in [5.41, 5.74) is 3.01. The van der Waals surface area contributed by atoms with Crippen molar-refractivity contribution in [2.45, 2.75) is 12.6 Å². The molecular weight excluding hydrogens is 550 g/mol. The van der Waals surface area contributed by atoms with Gasteiger partial charge in [-0.15, -0.1) is 0 Å². The molecule has 42 heavy (non-hydrogen) atoms. The molecule has 0 spiro atoms. The van der Waals surface area contributed by atoms with Crippen LogP contribution in [-0.4, -0.2) is 79.5 Å². The van der Waals surface area contributed by atoms with Crippen LogP contribution in [-0.2, 0) is 16.1 Å². The predicted molar refractivity (Wildman–Crippen MR) is 152 cm³/mol. The molecule has 0 bridgehead atoms. The van der Waals surface area contributed by atoms with Crippen molar-refractivity contribution >= 4 is 11.9 Å². The standard InChI is InChI=1S/C27H30F2N2O3.C4H4O4/c1-32-24-13-8-21(26(33-2)27(24)34-3)18-30-14-16-31(17-15-30)25(19-4-9-22(28)10-5-19)20-6-11-23(29)12-7-20;5-3(6)1-2-4(7)8/h4-13,25H,14-18H2,1-3H3;1-2H,(H,5,6)(H,7,8). The van der Waals surface area contributed by atoms with Crippen molar-refractivity contribution in [1.82, 2.24) is 9.80 Å². The van der Waals surface area contributed by atoms with E-state index in [1.54, 1.807) is 21.3 Å². The number of ether oxygens (including phenoxy) is 3. The van der Waals surface area contributed by atoms with Gasteiger partial charge in [-0.25, -0.2) is 18.4 Å². The van der Waals surface area contributed by atoms with Crippen LogP contribution in [0.5, 0.6) is 17.2 Å². The van der Waals surface area contributed by atoms with Gasteiger partial charge < -0.3 is 24.4 Å². The van der Waals surface area contributed by atoms with Gasteiger partial charge in [-0.2, -0.15) is 0 Å². The highest BCUT2D eigenvalue weighted by Gasteiger charge is 2.27. The van der Waals surface area contributed by atoms with Crippen LogP contribution in [0.3, 0.4) is 0 Å². The molecule has 1 aliphatic heterocycles. The van der Waals surface area contributed by atoms with Crippen LogP contribution in [0.2, 0.25) is 0 Å². The minimum absolute atomic E-state index is 0.0704. The van der Waals surface area contributed by atoms with Crippen LogP contribution >= 0.6 is 0 Å². The molecule has 0 unspecified atom stereocenters. The van der Waals surface area contributed by atoms with Crippen LogP contribution in [0.15, 0.2) is 72.8 Å². The quantitative estimate of drug-likeness (QED) is 0.330. The molecule has 3 aromatic rings. The molecule has 0 saturated carbocycles. The second-order valence-electron chi connectivity index (χ2n) is 9.32. The number of piperazine rings is 1. The Morgan fingerprint density at radius 3 is 1.62 bits per heavy atom. The average molecular weight is 585 g/mol. The van der Waals surface area contributed by atoms with E-state index in [0.717, 1.165) is 49.4 Å². The van der Waals surface area contributed by atoms with Gasteiger partial charge in [0.25, 0.3) is 0 Å². The summed E-state index contributed by atoms with van der Waals surface area (Å²) in [6.07, 6.45) is 1.12. The first kappa shape index (κ1) is 32.0. The SMILES string of the molecule is COc1ccc(CN2CCN(C(c3ccc(F)cc3)c3ccc(F)cc3)CC2)c(OC)c1OC.O=C(O)C=CC(=O)O. The fourth-order valence-corrected chi connectivity index (χ4v) is 4.76. The van der Waals surface area contributed by atoms with Gasteiger partial charge in [0.05, 0.1) is 27.4 Å². The zero-order valence-corrected chi connectivity index (χ0v) is 23.6. The minimum atomic E-state index is -1.26. The zero-order chi connectivity index (χ0) is 30.6. The second-order valence-corrected chi connectivity index (χ2v) is 9.32. The van der Waals surface area contributed by atoms with Crippen LogP contribution in [0.4, 0.5) is 8.78 Å². The van der Waals surface area contributed by atoms with E-state index in [1.807, 2.05) is 36.4 Å². The van der Waals surface area contributed by atoms with Gasteiger partial charge in [0, 0.05) is 50.4 Å². The van der Waals surface area contributed by atoms with E-state index < -0.39 is 11.9 Å². The van der Waals surface area contributed by atoms with Crippen LogP contribution in [0.1, 0.15) is 22.7 Å². The second kappa shape index (κ2) is 15.5. The van der Waals surface area contributed by atoms with E-state index >= 15 is 0 Å². The average Bonchev–Trinajstić information content (AvgIpc) is 2.99. The Morgan fingerprint density at radius 1 is 0.738 bits per heavy atom. The van der Waals surface area contributed by atoms with E-state index in [9.17, 15) is 18.4 Å². The molecule has 1 saturated heterocycles. The molecule has 9 nitrogen and oxygen atoms in total. The van der Waals surface area contributed by atoms with Crippen molar-refractivity contribution in [3.05, 3.63) is 101 Å². The Balaban J connectivity index is 0.000000531. The minimum Gasteiger partial charge on any atom is -0.493 e. The molecule has 0 radical (unpaired) electrons. The first-order valence-corrected chi connectivity index (χ1v) is 13.1. The molecular formula is C31H34F2N2O7. The number of aliphatic carboxylic acids is 2. The van der Waals surface area contributed by atoms with Crippen molar-refractivity contribution < 1.29 is 42.8 Å². The van der Waals surface area contributed by atoms with E-state index in [-0.39, 0.29) is 17.7 Å². The highest BCUT2D eigenvalue weighted by atomic mass is 19.1. The number of carboxylic acids is 2. The highest BCUT2D eigenvalue weighted by Crippen LogP contribution is 2.40. The van der Waals surface area contributed by atoms with E-state index in [0.29, 0.717) is 29.4 Å². The molecule has 224 valence electrons. The fourth-order valence-electron chi connectivity index (χ4n) is 4.76. The van der Waals surface area contributed by atoms with Crippen LogP contribution < -0.4 is 14.2 Å². The van der Waals surface area contributed by atoms with E-state index in [2.05, 4.69) is 9.80 Å². The third-order valence-corrected chi connectivity index (χ3v) is 6.69. The van der Waals surface area contributed by atoms with Gasteiger partial charge in [-0.1, -0.05) is 30.3 Å². The largest absolute Gasteiger partial charge is 0.493 e. The third-order valence-electron chi connectivity index (χ3n) is 6.69. The van der Waals surface area contributed by atoms with Gasteiger partial charge in [-0.05, 0) is 41.5 Å². The van der Waals surface area contributed by atoms with Gasteiger partial charge in [-0.3, -0.25) is 9.80 Å². The summed E-state index contributed by atoms with van der Waals surface area (Å²) >= 11 is 0. The number of rotatable bonds is 10. The summed E-state index contributed by atoms with van der Waals surface area (Å²) in [7, 11) is 4.84. The normalized spacial score (nSPS) is 13.9. The summed E-state index contributed by atoms with van der Waals surface area (Å²) in [6, 6.07) is 17.0. The summed E-state index contributed by atoms with van der Waals surface area (Å²) in [6.45, 7) is 4.03. The summed E-state index contributed by atoms with van der Waals surface area (Å²) in [4.78, 5) is 23.8. The molecule has 0 amide bonds. The zero-order valence-electron chi connectivity index (χ0n) is 23.6. The molecule has 4 rings (SSSR count). The Kier molecular flexibility index (Phi) is 11.8. The third kappa shape index (κ3) is 8.76. The number of hydrogen-bond donors (Lipinski definition) is 2. The molecule has 1 fully saturated rings. The monoisotopic (exact) mass is 584 g/mol. The Morgan fingerprint density at radius 2 is 1.21 bits per heavy atom. The lowest BCUT2D eigenvalue weighted by atomic mass is 9.96. The Bertz CT molecular complexity index is 1300. The maximum Gasteiger partial charge on any atom is 0.328 e. The smallest absolute Gasteiger partial charge is 0.328 e. The van der Waals surface area contributed by atoms with Crippen molar-refractivity contribution in [1.29, 1.82) is 0 Å². The molecule has 0 atom stereocenters. The number of hydrogen-bond acceptors (Lipinski definition) is 7. The lowest BCUT2D eigenvalue weighted by Crippen LogP contribution is -2.47. The molecule has 11 heteroatoms. The van der Waals surface area contributed by atoms with Gasteiger partial charge in [0.1, 0.15) is 11.6 Å². The van der Waals surface area contributed by atoms with E-state index in [1.165, 1.54) is 24.3 Å². The van der Waals surface area contributed by atoms with Crippen molar-refractivity contribution in [3.8, 4) is 17.2 Å². The lowest BCUT2D eigenvalue weighted by Gasteiger charge is -2.40. The number of carbonyl (C=O) groups is 2.